The molecular formula is C13H13BrN4O2. The summed E-state index contributed by atoms with van der Waals surface area (Å²) in [4.78, 5) is 16.2. The van der Waals surface area contributed by atoms with E-state index in [1.54, 1.807) is 18.3 Å². The molecule has 7 heteroatoms. The highest BCUT2D eigenvalue weighted by Crippen LogP contribution is 2.22. The van der Waals surface area contributed by atoms with Crippen LogP contribution in [0.3, 0.4) is 0 Å². The van der Waals surface area contributed by atoms with Crippen LogP contribution in [0.2, 0.25) is 0 Å². The minimum absolute atomic E-state index is 0.373. The fourth-order valence-electron chi connectivity index (χ4n) is 2.21. The van der Waals surface area contributed by atoms with Crippen molar-refractivity contribution in [3.63, 3.8) is 0 Å². The summed E-state index contributed by atoms with van der Waals surface area (Å²) in [6.45, 7) is 5.04. The molecule has 0 aliphatic carbocycles. The van der Waals surface area contributed by atoms with E-state index in [1.165, 1.54) is 4.57 Å². The van der Waals surface area contributed by atoms with Gasteiger partial charge in [0, 0.05) is 12.7 Å². The molecule has 3 rings (SSSR count). The molecule has 0 saturated carbocycles. The molecule has 0 spiro atoms. The summed E-state index contributed by atoms with van der Waals surface area (Å²) in [7, 11) is 0. The van der Waals surface area contributed by atoms with Crippen LogP contribution < -0.4 is 5.76 Å². The molecule has 0 unspecified atom stereocenters. The second kappa shape index (κ2) is 4.90. The predicted octanol–water partition coefficient (Wildman–Crippen LogP) is 2.33. The van der Waals surface area contributed by atoms with Crippen LogP contribution in [0, 0.1) is 6.92 Å². The molecule has 0 bridgehead atoms. The first-order chi connectivity index (χ1) is 9.61. The van der Waals surface area contributed by atoms with Crippen molar-refractivity contribution in [1.82, 2.24) is 19.3 Å². The average Bonchev–Trinajstić information content (AvgIpc) is 2.90. The topological polar surface area (TPSA) is 65.8 Å². The summed E-state index contributed by atoms with van der Waals surface area (Å²) in [5.41, 5.74) is 2.87. The van der Waals surface area contributed by atoms with Crippen LogP contribution in [-0.4, -0.2) is 19.3 Å². The Morgan fingerprint density at radius 3 is 3.00 bits per heavy atom. The number of fused-ring (bicyclic) bond motifs is 1. The Balaban J connectivity index is 2.15. The summed E-state index contributed by atoms with van der Waals surface area (Å²) < 4.78 is 9.49. The van der Waals surface area contributed by atoms with Crippen molar-refractivity contribution in [2.75, 3.05) is 0 Å². The molecule has 0 saturated heterocycles. The molecule has 3 heterocycles. The summed E-state index contributed by atoms with van der Waals surface area (Å²) in [5.74, 6) is -0.410. The third kappa shape index (κ3) is 1.98. The van der Waals surface area contributed by atoms with Gasteiger partial charge < -0.3 is 4.42 Å². The van der Waals surface area contributed by atoms with Crippen molar-refractivity contribution in [2.45, 2.75) is 26.9 Å². The number of oxazole rings is 1. The molecule has 6 nitrogen and oxygen atoms in total. The van der Waals surface area contributed by atoms with Gasteiger partial charge in [-0.2, -0.15) is 5.10 Å². The van der Waals surface area contributed by atoms with Crippen LogP contribution in [0.4, 0.5) is 0 Å². The third-order valence-electron chi connectivity index (χ3n) is 3.18. The number of hydrogen-bond donors (Lipinski definition) is 0. The minimum Gasteiger partial charge on any atom is -0.406 e. The molecule has 0 fully saturated rings. The Bertz CT molecular complexity index is 831. The Morgan fingerprint density at radius 2 is 2.25 bits per heavy atom. The van der Waals surface area contributed by atoms with Crippen molar-refractivity contribution in [1.29, 1.82) is 0 Å². The van der Waals surface area contributed by atoms with Crippen molar-refractivity contribution in [3.8, 4) is 0 Å². The van der Waals surface area contributed by atoms with Crippen molar-refractivity contribution >= 4 is 27.2 Å². The maximum absolute atomic E-state index is 12.0. The Kier molecular flexibility index (Phi) is 3.21. The summed E-state index contributed by atoms with van der Waals surface area (Å²) in [6.07, 6.45) is 1.64. The lowest BCUT2D eigenvalue weighted by Gasteiger charge is -2.05. The van der Waals surface area contributed by atoms with E-state index in [-0.39, 0.29) is 0 Å². The fraction of sp³-hybridized carbons (Fsp3) is 0.308. The first kappa shape index (κ1) is 13.1. The minimum atomic E-state index is -0.410. The van der Waals surface area contributed by atoms with Crippen LogP contribution >= 0.6 is 15.9 Å². The molecule has 3 aromatic heterocycles. The average molecular weight is 337 g/mol. The van der Waals surface area contributed by atoms with Gasteiger partial charge in [0.05, 0.1) is 22.4 Å². The SMILES string of the molecule is CCn1nc(C)c(Br)c1Cn1c(=O)oc2cccnc21. The number of aromatic nitrogens is 4. The number of rotatable bonds is 3. The van der Waals surface area contributed by atoms with Crippen LogP contribution in [0.5, 0.6) is 0 Å². The molecule has 0 aromatic carbocycles. The zero-order chi connectivity index (χ0) is 14.3. The Hall–Kier alpha value is -1.89. The van der Waals surface area contributed by atoms with E-state index in [0.717, 1.165) is 22.4 Å². The zero-order valence-corrected chi connectivity index (χ0v) is 12.7. The van der Waals surface area contributed by atoms with Gasteiger partial charge in [-0.05, 0) is 41.9 Å². The largest absolute Gasteiger partial charge is 0.421 e. The van der Waals surface area contributed by atoms with Gasteiger partial charge >= 0.3 is 5.76 Å². The molecule has 104 valence electrons. The van der Waals surface area contributed by atoms with Gasteiger partial charge in [-0.1, -0.05) is 0 Å². The Labute approximate surface area is 123 Å². The van der Waals surface area contributed by atoms with E-state index in [1.807, 2.05) is 18.5 Å². The molecule has 3 aromatic rings. The van der Waals surface area contributed by atoms with Gasteiger partial charge in [0.1, 0.15) is 0 Å². The molecular weight excluding hydrogens is 324 g/mol. The molecule has 0 aliphatic heterocycles. The lowest BCUT2D eigenvalue weighted by molar-refractivity contribution is 0.506. The third-order valence-corrected chi connectivity index (χ3v) is 4.22. The molecule has 0 radical (unpaired) electrons. The number of pyridine rings is 1. The first-order valence-corrected chi connectivity index (χ1v) is 7.07. The second-order valence-electron chi connectivity index (χ2n) is 4.44. The summed E-state index contributed by atoms with van der Waals surface area (Å²) in [5, 5.41) is 4.42. The van der Waals surface area contributed by atoms with Gasteiger partial charge in [-0.15, -0.1) is 0 Å². The number of aryl methyl sites for hydroxylation is 2. The summed E-state index contributed by atoms with van der Waals surface area (Å²) >= 11 is 3.53. The summed E-state index contributed by atoms with van der Waals surface area (Å²) in [6, 6.07) is 3.48. The highest BCUT2D eigenvalue weighted by atomic mass is 79.9. The van der Waals surface area contributed by atoms with Gasteiger partial charge in [-0.3, -0.25) is 9.25 Å². The van der Waals surface area contributed by atoms with Gasteiger partial charge in [0.2, 0.25) is 0 Å². The van der Waals surface area contributed by atoms with Gasteiger partial charge in [0.15, 0.2) is 11.2 Å². The molecule has 0 atom stereocenters. The van der Waals surface area contributed by atoms with Crippen LogP contribution in [0.1, 0.15) is 18.3 Å². The Morgan fingerprint density at radius 1 is 1.45 bits per heavy atom. The number of hydrogen-bond acceptors (Lipinski definition) is 4. The quantitative estimate of drug-likeness (QED) is 0.736. The van der Waals surface area contributed by atoms with Gasteiger partial charge in [0.25, 0.3) is 0 Å². The van der Waals surface area contributed by atoms with E-state index >= 15 is 0 Å². The van der Waals surface area contributed by atoms with E-state index < -0.39 is 5.76 Å². The highest BCUT2D eigenvalue weighted by molar-refractivity contribution is 9.10. The van der Waals surface area contributed by atoms with Crippen molar-refractivity contribution in [2.24, 2.45) is 0 Å². The molecule has 0 amide bonds. The van der Waals surface area contributed by atoms with E-state index in [9.17, 15) is 4.79 Å². The maximum Gasteiger partial charge on any atom is 0.421 e. The smallest absolute Gasteiger partial charge is 0.406 e. The fourth-order valence-corrected chi connectivity index (χ4v) is 2.62. The highest BCUT2D eigenvalue weighted by Gasteiger charge is 2.17. The zero-order valence-electron chi connectivity index (χ0n) is 11.1. The number of nitrogens with zero attached hydrogens (tertiary/aromatic N) is 4. The lowest BCUT2D eigenvalue weighted by Crippen LogP contribution is -2.18. The standard InChI is InChI=1S/C13H13BrN4O2/c1-3-18-9(11(14)8(2)16-18)7-17-12-10(20-13(17)19)5-4-6-15-12/h4-6H,3,7H2,1-2H3. The lowest BCUT2D eigenvalue weighted by atomic mass is 10.3. The van der Waals surface area contributed by atoms with Gasteiger partial charge in [-0.25, -0.2) is 9.78 Å². The molecule has 0 N–H and O–H groups in total. The van der Waals surface area contributed by atoms with Crippen LogP contribution in [0.15, 0.2) is 32.0 Å². The molecule has 0 aliphatic rings. The predicted molar refractivity (Wildman–Crippen MR) is 77.7 cm³/mol. The normalized spacial score (nSPS) is 11.3. The number of halogens is 1. The maximum atomic E-state index is 12.0. The van der Waals surface area contributed by atoms with E-state index in [0.29, 0.717) is 17.8 Å². The van der Waals surface area contributed by atoms with E-state index in [2.05, 4.69) is 26.0 Å². The monoisotopic (exact) mass is 336 g/mol. The second-order valence-corrected chi connectivity index (χ2v) is 5.23. The van der Waals surface area contributed by atoms with E-state index in [4.69, 9.17) is 4.42 Å². The van der Waals surface area contributed by atoms with Crippen molar-refractivity contribution < 1.29 is 4.42 Å². The van der Waals surface area contributed by atoms with Crippen LogP contribution in [0.25, 0.3) is 11.2 Å². The first-order valence-electron chi connectivity index (χ1n) is 6.28. The molecule has 20 heavy (non-hydrogen) atoms. The van der Waals surface area contributed by atoms with Crippen molar-refractivity contribution in [3.05, 3.63) is 44.7 Å². The van der Waals surface area contributed by atoms with Crippen LogP contribution in [-0.2, 0) is 13.1 Å².